The van der Waals surface area contributed by atoms with Gasteiger partial charge in [0.25, 0.3) is 0 Å². The molecule has 0 spiro atoms. The molecular formula is C17H22N2O2. The van der Waals surface area contributed by atoms with Crippen LogP contribution in [-0.4, -0.2) is 11.1 Å². The third kappa shape index (κ3) is 3.66. The molecule has 0 atom stereocenters. The van der Waals surface area contributed by atoms with Crippen molar-refractivity contribution in [3.63, 3.8) is 0 Å². The van der Waals surface area contributed by atoms with Crippen molar-refractivity contribution in [1.82, 2.24) is 4.98 Å². The van der Waals surface area contributed by atoms with Crippen LogP contribution in [0.2, 0.25) is 0 Å². The summed E-state index contributed by atoms with van der Waals surface area (Å²) in [5, 5.41) is 0. The summed E-state index contributed by atoms with van der Waals surface area (Å²) in [6.07, 6.45) is 0.869. The third-order valence-corrected chi connectivity index (χ3v) is 3.02. The minimum atomic E-state index is 0.0646. The van der Waals surface area contributed by atoms with E-state index in [2.05, 4.69) is 11.9 Å². The molecule has 1 aromatic carbocycles. The van der Waals surface area contributed by atoms with Crippen LogP contribution in [0.4, 0.5) is 5.69 Å². The number of rotatable bonds is 5. The van der Waals surface area contributed by atoms with E-state index in [0.717, 1.165) is 23.6 Å². The Hall–Kier alpha value is -2.23. The SMILES string of the molecule is CCc1nc(C)ccc1Oc1cccc(OC(C)C)c1N. The molecule has 2 rings (SSSR count). The first-order valence-electron chi connectivity index (χ1n) is 7.20. The topological polar surface area (TPSA) is 57.4 Å². The van der Waals surface area contributed by atoms with Crippen molar-refractivity contribution in [2.75, 3.05) is 5.73 Å². The van der Waals surface area contributed by atoms with Crippen molar-refractivity contribution >= 4 is 5.69 Å². The number of pyridine rings is 1. The average Bonchev–Trinajstić information content (AvgIpc) is 2.44. The minimum Gasteiger partial charge on any atom is -0.489 e. The summed E-state index contributed by atoms with van der Waals surface area (Å²) in [5.74, 6) is 1.96. The second kappa shape index (κ2) is 6.48. The number of hydrogen-bond acceptors (Lipinski definition) is 4. The fraction of sp³-hybridized carbons (Fsp3) is 0.353. The number of hydrogen-bond donors (Lipinski definition) is 1. The van der Waals surface area contributed by atoms with Gasteiger partial charge in [0, 0.05) is 5.69 Å². The van der Waals surface area contributed by atoms with Crippen molar-refractivity contribution < 1.29 is 9.47 Å². The first-order valence-corrected chi connectivity index (χ1v) is 7.20. The van der Waals surface area contributed by atoms with Crippen LogP contribution in [0.3, 0.4) is 0 Å². The summed E-state index contributed by atoms with van der Waals surface area (Å²) in [6.45, 7) is 7.95. The molecule has 1 heterocycles. The fourth-order valence-electron chi connectivity index (χ4n) is 2.03. The summed E-state index contributed by atoms with van der Waals surface area (Å²) in [6, 6.07) is 9.41. The van der Waals surface area contributed by atoms with Gasteiger partial charge in [0.2, 0.25) is 0 Å². The highest BCUT2D eigenvalue weighted by Crippen LogP contribution is 2.35. The van der Waals surface area contributed by atoms with Crippen LogP contribution in [0.15, 0.2) is 30.3 Å². The lowest BCUT2D eigenvalue weighted by atomic mass is 10.2. The van der Waals surface area contributed by atoms with Crippen molar-refractivity contribution in [2.45, 2.75) is 40.2 Å². The monoisotopic (exact) mass is 286 g/mol. The highest BCUT2D eigenvalue weighted by Gasteiger charge is 2.12. The summed E-state index contributed by atoms with van der Waals surface area (Å²) in [4.78, 5) is 4.49. The van der Waals surface area contributed by atoms with Gasteiger partial charge in [0.1, 0.15) is 17.2 Å². The van der Waals surface area contributed by atoms with Crippen LogP contribution in [0.25, 0.3) is 0 Å². The standard InChI is InChI=1S/C17H22N2O2/c1-5-13-14(10-9-12(4)19-13)21-16-8-6-7-15(17(16)18)20-11(2)3/h6-11H,5,18H2,1-4H3. The molecule has 4 heteroatoms. The van der Waals surface area contributed by atoms with Crippen LogP contribution < -0.4 is 15.2 Å². The normalized spacial score (nSPS) is 10.7. The van der Waals surface area contributed by atoms with E-state index in [0.29, 0.717) is 17.2 Å². The number of benzene rings is 1. The Labute approximate surface area is 125 Å². The van der Waals surface area contributed by atoms with E-state index in [1.165, 1.54) is 0 Å². The first-order chi connectivity index (χ1) is 10.0. The molecule has 0 aliphatic rings. The van der Waals surface area contributed by atoms with Gasteiger partial charge in [0.05, 0.1) is 11.8 Å². The number of para-hydroxylation sites is 1. The van der Waals surface area contributed by atoms with Crippen molar-refractivity contribution in [3.05, 3.63) is 41.7 Å². The quantitative estimate of drug-likeness (QED) is 0.840. The zero-order chi connectivity index (χ0) is 15.4. The van der Waals surface area contributed by atoms with Gasteiger partial charge in [-0.1, -0.05) is 13.0 Å². The first kappa shape index (κ1) is 15.2. The van der Waals surface area contributed by atoms with Gasteiger partial charge in [0.15, 0.2) is 5.75 Å². The lowest BCUT2D eigenvalue weighted by Gasteiger charge is -2.16. The Bertz CT molecular complexity index is 624. The van der Waals surface area contributed by atoms with Crippen LogP contribution >= 0.6 is 0 Å². The molecule has 0 aliphatic carbocycles. The van der Waals surface area contributed by atoms with Gasteiger partial charge in [-0.25, -0.2) is 0 Å². The lowest BCUT2D eigenvalue weighted by molar-refractivity contribution is 0.243. The number of anilines is 1. The summed E-state index contributed by atoms with van der Waals surface area (Å²) >= 11 is 0. The smallest absolute Gasteiger partial charge is 0.154 e. The molecular weight excluding hydrogens is 264 g/mol. The van der Waals surface area contributed by atoms with E-state index < -0.39 is 0 Å². The zero-order valence-electron chi connectivity index (χ0n) is 13.0. The van der Waals surface area contributed by atoms with Crippen molar-refractivity contribution in [1.29, 1.82) is 0 Å². The summed E-state index contributed by atoms with van der Waals surface area (Å²) < 4.78 is 11.6. The maximum absolute atomic E-state index is 6.13. The van der Waals surface area contributed by atoms with E-state index in [1.807, 2.05) is 51.1 Å². The van der Waals surface area contributed by atoms with Gasteiger partial charge in [-0.2, -0.15) is 0 Å². The lowest BCUT2D eigenvalue weighted by Crippen LogP contribution is -2.08. The zero-order valence-corrected chi connectivity index (χ0v) is 13.0. The summed E-state index contributed by atoms with van der Waals surface area (Å²) in [5.41, 5.74) is 8.54. The minimum absolute atomic E-state index is 0.0646. The van der Waals surface area contributed by atoms with Crippen LogP contribution in [0.5, 0.6) is 17.2 Å². The number of nitrogen functional groups attached to an aromatic ring is 1. The largest absolute Gasteiger partial charge is 0.489 e. The molecule has 0 amide bonds. The Morgan fingerprint density at radius 2 is 1.81 bits per heavy atom. The van der Waals surface area contributed by atoms with Gasteiger partial charge < -0.3 is 15.2 Å². The van der Waals surface area contributed by atoms with Gasteiger partial charge in [-0.15, -0.1) is 0 Å². The predicted octanol–water partition coefficient (Wildman–Crippen LogP) is 4.11. The third-order valence-electron chi connectivity index (χ3n) is 3.02. The second-order valence-electron chi connectivity index (χ2n) is 5.19. The molecule has 2 aromatic rings. The highest BCUT2D eigenvalue weighted by molar-refractivity contribution is 5.63. The molecule has 0 bridgehead atoms. The predicted molar refractivity (Wildman–Crippen MR) is 85.0 cm³/mol. The second-order valence-corrected chi connectivity index (χ2v) is 5.19. The number of nitrogens with two attached hydrogens (primary N) is 1. The number of nitrogens with zero attached hydrogens (tertiary/aromatic N) is 1. The van der Waals surface area contributed by atoms with E-state index in [9.17, 15) is 0 Å². The van der Waals surface area contributed by atoms with E-state index in [4.69, 9.17) is 15.2 Å². The molecule has 0 saturated heterocycles. The van der Waals surface area contributed by atoms with Gasteiger partial charge in [-0.3, -0.25) is 4.98 Å². The number of ether oxygens (including phenoxy) is 2. The van der Waals surface area contributed by atoms with Gasteiger partial charge >= 0.3 is 0 Å². The molecule has 21 heavy (non-hydrogen) atoms. The number of aryl methyl sites for hydroxylation is 2. The average molecular weight is 286 g/mol. The van der Waals surface area contributed by atoms with Crippen LogP contribution in [-0.2, 0) is 6.42 Å². The van der Waals surface area contributed by atoms with E-state index in [1.54, 1.807) is 0 Å². The molecule has 0 saturated carbocycles. The Kier molecular flexibility index (Phi) is 4.68. The summed E-state index contributed by atoms with van der Waals surface area (Å²) in [7, 11) is 0. The maximum Gasteiger partial charge on any atom is 0.154 e. The molecule has 0 fully saturated rings. The Morgan fingerprint density at radius 3 is 2.48 bits per heavy atom. The van der Waals surface area contributed by atoms with E-state index >= 15 is 0 Å². The van der Waals surface area contributed by atoms with Gasteiger partial charge in [-0.05, 0) is 51.5 Å². The molecule has 1 aromatic heterocycles. The molecule has 0 aliphatic heterocycles. The molecule has 0 unspecified atom stereocenters. The Balaban J connectivity index is 2.32. The molecule has 4 nitrogen and oxygen atoms in total. The van der Waals surface area contributed by atoms with Crippen LogP contribution in [0, 0.1) is 6.92 Å². The van der Waals surface area contributed by atoms with Crippen LogP contribution in [0.1, 0.15) is 32.2 Å². The highest BCUT2D eigenvalue weighted by atomic mass is 16.5. The fourth-order valence-corrected chi connectivity index (χ4v) is 2.03. The van der Waals surface area contributed by atoms with Crippen molar-refractivity contribution in [3.8, 4) is 17.2 Å². The van der Waals surface area contributed by atoms with Crippen molar-refractivity contribution in [2.24, 2.45) is 0 Å². The van der Waals surface area contributed by atoms with E-state index in [-0.39, 0.29) is 6.10 Å². The molecule has 2 N–H and O–H groups in total. The molecule has 0 radical (unpaired) electrons. The maximum atomic E-state index is 6.13. The number of aromatic nitrogens is 1. The Morgan fingerprint density at radius 1 is 1.10 bits per heavy atom. The molecule has 112 valence electrons.